The highest BCUT2D eigenvalue weighted by Gasteiger charge is 2.22. The molecule has 0 saturated heterocycles. The molecule has 0 heterocycles. The Labute approximate surface area is 172 Å². The largest absolute Gasteiger partial charge is 0.497 e. The van der Waals surface area contributed by atoms with Gasteiger partial charge in [0.15, 0.2) is 0 Å². The first kappa shape index (κ1) is 22.2. The second kappa shape index (κ2) is 11.1. The monoisotopic (exact) mass is 419 g/mol. The fourth-order valence-electron chi connectivity index (χ4n) is 2.37. The summed E-state index contributed by atoms with van der Waals surface area (Å²) in [6, 6.07) is 10.5. The zero-order valence-electron chi connectivity index (χ0n) is 16.0. The Morgan fingerprint density at radius 3 is 2.14 bits per heavy atom. The molecule has 3 amide bonds. The Kier molecular flexibility index (Phi) is 8.47. The Bertz CT molecular complexity index is 844. The van der Waals surface area contributed by atoms with Gasteiger partial charge in [0.2, 0.25) is 0 Å². The summed E-state index contributed by atoms with van der Waals surface area (Å²) in [6.07, 6.45) is 2.26. The molecule has 0 saturated carbocycles. The van der Waals surface area contributed by atoms with Crippen LogP contribution in [0.1, 0.15) is 27.1 Å². The molecule has 0 spiro atoms. The van der Waals surface area contributed by atoms with E-state index in [1.807, 2.05) is 6.26 Å². The van der Waals surface area contributed by atoms with E-state index in [0.717, 1.165) is 12.1 Å². The summed E-state index contributed by atoms with van der Waals surface area (Å²) in [7, 11) is 1.53. The lowest BCUT2D eigenvalue weighted by Crippen LogP contribution is -2.52. The highest BCUT2D eigenvalue weighted by atomic mass is 32.2. The molecule has 0 radical (unpaired) electrons. The smallest absolute Gasteiger partial charge is 0.269 e. The number of carbonyl (C=O) groups is 3. The lowest BCUT2D eigenvalue weighted by molar-refractivity contribution is -0.123. The van der Waals surface area contributed by atoms with Gasteiger partial charge in [0.05, 0.1) is 7.11 Å². The number of rotatable bonds is 8. The number of benzene rings is 2. The molecule has 0 aliphatic heterocycles. The van der Waals surface area contributed by atoms with Crippen molar-refractivity contribution in [1.29, 1.82) is 0 Å². The van der Waals surface area contributed by atoms with E-state index in [1.54, 1.807) is 24.3 Å². The molecule has 1 atom stereocenters. The van der Waals surface area contributed by atoms with Crippen molar-refractivity contribution in [2.45, 2.75) is 12.5 Å². The Morgan fingerprint density at radius 1 is 0.966 bits per heavy atom. The number of thioether (sulfide) groups is 1. The van der Waals surface area contributed by atoms with Crippen molar-refractivity contribution in [3.8, 4) is 5.75 Å². The molecule has 2 aromatic carbocycles. The molecule has 7 nitrogen and oxygen atoms in total. The normalized spacial score (nSPS) is 11.3. The maximum absolute atomic E-state index is 12.9. The average molecular weight is 419 g/mol. The third-order valence-electron chi connectivity index (χ3n) is 3.99. The highest BCUT2D eigenvalue weighted by molar-refractivity contribution is 7.98. The van der Waals surface area contributed by atoms with Gasteiger partial charge in [-0.05, 0) is 67.0 Å². The number of nitrogens with one attached hydrogen (secondary N) is 3. The fourth-order valence-corrected chi connectivity index (χ4v) is 2.84. The number of methoxy groups -OCH3 is 1. The minimum absolute atomic E-state index is 0.189. The van der Waals surface area contributed by atoms with E-state index < -0.39 is 29.6 Å². The first-order valence-corrected chi connectivity index (χ1v) is 10.1. The summed E-state index contributed by atoms with van der Waals surface area (Å²) in [5.41, 5.74) is 5.14. The molecule has 29 heavy (non-hydrogen) atoms. The average Bonchev–Trinajstić information content (AvgIpc) is 2.75. The van der Waals surface area contributed by atoms with Gasteiger partial charge in [-0.3, -0.25) is 25.2 Å². The SMILES string of the molecule is COc1ccc(C(=O)N[C@@H](CCSC)C(=O)NNC(=O)c2ccc(F)cc2)cc1. The lowest BCUT2D eigenvalue weighted by atomic mass is 10.1. The molecule has 0 aliphatic carbocycles. The topological polar surface area (TPSA) is 96.5 Å². The third-order valence-corrected chi connectivity index (χ3v) is 4.63. The van der Waals surface area contributed by atoms with Crippen LogP contribution in [-0.4, -0.2) is 42.9 Å². The zero-order valence-corrected chi connectivity index (χ0v) is 16.8. The Hall–Kier alpha value is -3.07. The van der Waals surface area contributed by atoms with Gasteiger partial charge < -0.3 is 10.1 Å². The van der Waals surface area contributed by atoms with E-state index in [1.165, 1.54) is 31.0 Å². The summed E-state index contributed by atoms with van der Waals surface area (Å²) in [6.45, 7) is 0. The minimum Gasteiger partial charge on any atom is -0.497 e. The summed E-state index contributed by atoms with van der Waals surface area (Å²) >= 11 is 1.53. The van der Waals surface area contributed by atoms with Gasteiger partial charge in [-0.25, -0.2) is 4.39 Å². The maximum atomic E-state index is 12.9. The van der Waals surface area contributed by atoms with Crippen LogP contribution in [0.3, 0.4) is 0 Å². The van der Waals surface area contributed by atoms with E-state index in [0.29, 0.717) is 23.5 Å². The van der Waals surface area contributed by atoms with Crippen molar-refractivity contribution >= 4 is 29.5 Å². The standard InChI is InChI=1S/C20H22FN3O4S/c1-28-16-9-5-13(6-10-16)18(25)22-17(11-12-29-2)20(27)24-23-19(26)14-3-7-15(21)8-4-14/h3-10,17H,11-12H2,1-2H3,(H,22,25)(H,23,26)(H,24,27)/t17-/m0/s1. The minimum atomic E-state index is -0.842. The van der Waals surface area contributed by atoms with Gasteiger partial charge in [-0.15, -0.1) is 0 Å². The molecule has 154 valence electrons. The van der Waals surface area contributed by atoms with Gasteiger partial charge in [-0.1, -0.05) is 0 Å². The van der Waals surface area contributed by atoms with Crippen LogP contribution in [0.15, 0.2) is 48.5 Å². The van der Waals surface area contributed by atoms with Crippen LogP contribution in [-0.2, 0) is 4.79 Å². The lowest BCUT2D eigenvalue weighted by Gasteiger charge is -2.18. The summed E-state index contributed by atoms with van der Waals surface area (Å²) in [4.78, 5) is 37.0. The van der Waals surface area contributed by atoms with E-state index in [2.05, 4.69) is 16.2 Å². The van der Waals surface area contributed by atoms with Crippen LogP contribution in [0.25, 0.3) is 0 Å². The fraction of sp³-hybridized carbons (Fsp3) is 0.250. The quantitative estimate of drug-likeness (QED) is 0.570. The van der Waals surface area contributed by atoms with E-state index >= 15 is 0 Å². The van der Waals surface area contributed by atoms with Crippen molar-refractivity contribution in [2.24, 2.45) is 0 Å². The molecule has 9 heteroatoms. The van der Waals surface area contributed by atoms with E-state index in [4.69, 9.17) is 4.74 Å². The van der Waals surface area contributed by atoms with Crippen LogP contribution < -0.4 is 20.9 Å². The van der Waals surface area contributed by atoms with Crippen LogP contribution in [0.5, 0.6) is 5.75 Å². The molecule has 2 aromatic rings. The number of hydrazine groups is 1. The van der Waals surface area contributed by atoms with Gasteiger partial charge in [0, 0.05) is 11.1 Å². The third kappa shape index (κ3) is 6.79. The van der Waals surface area contributed by atoms with Gasteiger partial charge in [-0.2, -0.15) is 11.8 Å². The predicted octanol–water partition coefficient (Wildman–Crippen LogP) is 2.15. The molecule has 0 aliphatic rings. The summed E-state index contributed by atoms with van der Waals surface area (Å²) in [5, 5.41) is 2.67. The zero-order chi connectivity index (χ0) is 21.2. The second-order valence-corrected chi connectivity index (χ2v) is 6.97. The van der Waals surface area contributed by atoms with Gasteiger partial charge in [0.25, 0.3) is 17.7 Å². The molecular weight excluding hydrogens is 397 g/mol. The van der Waals surface area contributed by atoms with Crippen molar-refractivity contribution in [2.75, 3.05) is 19.1 Å². The van der Waals surface area contributed by atoms with Gasteiger partial charge >= 0.3 is 0 Å². The second-order valence-electron chi connectivity index (χ2n) is 5.99. The summed E-state index contributed by atoms with van der Waals surface area (Å²) in [5.74, 6) is -0.795. The maximum Gasteiger partial charge on any atom is 0.269 e. The van der Waals surface area contributed by atoms with Crippen LogP contribution in [0.4, 0.5) is 4.39 Å². The number of hydrogen-bond donors (Lipinski definition) is 3. The van der Waals surface area contributed by atoms with Crippen LogP contribution in [0, 0.1) is 5.82 Å². The number of ether oxygens (including phenoxy) is 1. The number of carbonyl (C=O) groups excluding carboxylic acids is 3. The first-order valence-electron chi connectivity index (χ1n) is 8.74. The molecule has 2 rings (SSSR count). The van der Waals surface area contributed by atoms with Crippen molar-refractivity contribution in [3.05, 3.63) is 65.5 Å². The molecule has 3 N–H and O–H groups in total. The number of amides is 3. The van der Waals surface area contributed by atoms with Crippen LogP contribution >= 0.6 is 11.8 Å². The number of halogens is 1. The predicted molar refractivity (Wildman–Crippen MR) is 109 cm³/mol. The Morgan fingerprint density at radius 2 is 1.55 bits per heavy atom. The molecule has 0 bridgehead atoms. The summed E-state index contributed by atoms with van der Waals surface area (Å²) < 4.78 is 18.0. The molecule has 0 aromatic heterocycles. The molecular formula is C20H22FN3O4S. The Balaban J connectivity index is 1.97. The highest BCUT2D eigenvalue weighted by Crippen LogP contribution is 2.12. The van der Waals surface area contributed by atoms with Gasteiger partial charge in [0.1, 0.15) is 17.6 Å². The van der Waals surface area contributed by atoms with E-state index in [-0.39, 0.29) is 5.56 Å². The van der Waals surface area contributed by atoms with Crippen molar-refractivity contribution < 1.29 is 23.5 Å². The van der Waals surface area contributed by atoms with E-state index in [9.17, 15) is 18.8 Å². The van der Waals surface area contributed by atoms with Crippen molar-refractivity contribution in [1.82, 2.24) is 16.2 Å². The van der Waals surface area contributed by atoms with Crippen molar-refractivity contribution in [3.63, 3.8) is 0 Å². The molecule has 0 unspecified atom stereocenters. The van der Waals surface area contributed by atoms with Crippen LogP contribution in [0.2, 0.25) is 0 Å². The molecule has 0 fully saturated rings. The first-order chi connectivity index (χ1) is 13.9. The number of hydrogen-bond acceptors (Lipinski definition) is 5.